The number of hydrogen-bond acceptors (Lipinski definition) is 3. The van der Waals surface area contributed by atoms with E-state index in [2.05, 4.69) is 81.2 Å². The van der Waals surface area contributed by atoms with E-state index >= 15 is 0 Å². The van der Waals surface area contributed by atoms with Crippen molar-refractivity contribution < 1.29 is 14.0 Å². The van der Waals surface area contributed by atoms with Gasteiger partial charge in [0.05, 0.1) is 18.3 Å². The number of hydrogen-bond donors (Lipinski definition) is 1. The van der Waals surface area contributed by atoms with Crippen LogP contribution in [0.25, 0.3) is 0 Å². The number of aliphatic hydroxyl groups excluding tert-OH is 1. The van der Waals surface area contributed by atoms with Crippen LogP contribution in [-0.2, 0) is 8.85 Å². The van der Waals surface area contributed by atoms with Gasteiger partial charge in [-0.15, -0.1) is 6.58 Å². The SMILES string of the molecule is C=C[C@H](O[Si](C)(C)C(C)(C)C)[C@H](O[Si](C)(C)C(C)(C)C)[C@H](O)CCC. The molecule has 5 heteroatoms. The molecule has 0 radical (unpaired) electrons. The van der Waals surface area contributed by atoms with Crippen molar-refractivity contribution in [1.82, 2.24) is 0 Å². The summed E-state index contributed by atoms with van der Waals surface area (Å²) in [6, 6.07) is 0. The Kier molecular flexibility index (Phi) is 8.85. The lowest BCUT2D eigenvalue weighted by Gasteiger charge is -2.45. The first-order valence-corrected chi connectivity index (χ1v) is 15.5. The molecule has 150 valence electrons. The fourth-order valence-corrected chi connectivity index (χ4v) is 4.70. The smallest absolute Gasteiger partial charge is 0.193 e. The van der Waals surface area contributed by atoms with E-state index in [9.17, 15) is 5.11 Å². The van der Waals surface area contributed by atoms with Crippen molar-refractivity contribution in [3.63, 3.8) is 0 Å². The minimum atomic E-state index is -2.03. The fraction of sp³-hybridized carbons (Fsp3) is 0.900. The van der Waals surface area contributed by atoms with E-state index in [4.69, 9.17) is 8.85 Å². The molecule has 1 N–H and O–H groups in total. The lowest BCUT2D eigenvalue weighted by molar-refractivity contribution is -0.0317. The highest BCUT2D eigenvalue weighted by Gasteiger charge is 2.45. The number of aliphatic hydroxyl groups is 1. The van der Waals surface area contributed by atoms with Crippen molar-refractivity contribution in [2.45, 2.75) is 116 Å². The zero-order chi connectivity index (χ0) is 20.3. The van der Waals surface area contributed by atoms with E-state index in [0.717, 1.165) is 6.42 Å². The molecule has 0 aromatic carbocycles. The molecule has 0 rings (SSSR count). The van der Waals surface area contributed by atoms with Crippen LogP contribution in [0.1, 0.15) is 61.3 Å². The summed E-state index contributed by atoms with van der Waals surface area (Å²) in [6.45, 7) is 28.4. The second kappa shape index (κ2) is 8.83. The van der Waals surface area contributed by atoms with E-state index in [1.165, 1.54) is 0 Å². The third kappa shape index (κ3) is 6.94. The fourth-order valence-electron chi connectivity index (χ4n) is 2.11. The van der Waals surface area contributed by atoms with Gasteiger partial charge in [0.1, 0.15) is 0 Å². The first-order chi connectivity index (χ1) is 11.0. The van der Waals surface area contributed by atoms with Crippen LogP contribution in [0.15, 0.2) is 12.7 Å². The molecule has 0 aromatic rings. The minimum Gasteiger partial charge on any atom is -0.408 e. The molecule has 0 saturated heterocycles. The molecule has 0 aliphatic heterocycles. The van der Waals surface area contributed by atoms with Crippen LogP contribution in [0.5, 0.6) is 0 Å². The summed E-state index contributed by atoms with van der Waals surface area (Å²) in [5, 5.41) is 11.0. The monoisotopic (exact) mass is 388 g/mol. The van der Waals surface area contributed by atoms with Crippen molar-refractivity contribution in [3.8, 4) is 0 Å². The zero-order valence-electron chi connectivity index (χ0n) is 18.7. The van der Waals surface area contributed by atoms with Gasteiger partial charge in [-0.25, -0.2) is 0 Å². The van der Waals surface area contributed by atoms with Crippen molar-refractivity contribution in [3.05, 3.63) is 12.7 Å². The molecule has 0 amide bonds. The Balaban J connectivity index is 5.68. The molecule has 0 bridgehead atoms. The normalized spacial score (nSPS) is 17.9. The van der Waals surface area contributed by atoms with Crippen LogP contribution in [0.3, 0.4) is 0 Å². The molecule has 0 heterocycles. The Morgan fingerprint density at radius 2 is 1.32 bits per heavy atom. The van der Waals surface area contributed by atoms with E-state index in [0.29, 0.717) is 6.42 Å². The first kappa shape index (κ1) is 25.1. The van der Waals surface area contributed by atoms with E-state index in [1.807, 2.05) is 6.08 Å². The lowest BCUT2D eigenvalue weighted by Crippen LogP contribution is -2.54. The third-order valence-electron chi connectivity index (χ3n) is 5.99. The molecule has 25 heavy (non-hydrogen) atoms. The molecule has 0 spiro atoms. The Morgan fingerprint density at radius 3 is 1.64 bits per heavy atom. The summed E-state index contributed by atoms with van der Waals surface area (Å²) in [7, 11) is -4.02. The molecule has 3 atom stereocenters. The second-order valence-electron chi connectivity index (χ2n) is 10.3. The van der Waals surface area contributed by atoms with Crippen LogP contribution >= 0.6 is 0 Å². The van der Waals surface area contributed by atoms with Gasteiger partial charge in [-0.2, -0.15) is 0 Å². The van der Waals surface area contributed by atoms with E-state index in [-0.39, 0.29) is 22.3 Å². The Morgan fingerprint density at radius 1 is 0.920 bits per heavy atom. The van der Waals surface area contributed by atoms with E-state index < -0.39 is 22.7 Å². The minimum absolute atomic E-state index is 0.0832. The van der Waals surface area contributed by atoms with Crippen LogP contribution in [0.4, 0.5) is 0 Å². The Labute approximate surface area is 159 Å². The summed E-state index contributed by atoms with van der Waals surface area (Å²) in [6.07, 6.45) is 2.29. The van der Waals surface area contributed by atoms with Gasteiger partial charge in [0.25, 0.3) is 0 Å². The molecule has 3 nitrogen and oxygen atoms in total. The van der Waals surface area contributed by atoms with Gasteiger partial charge >= 0.3 is 0 Å². The maximum atomic E-state index is 10.8. The standard InChI is InChI=1S/C20H44O3Si2/c1-13-15-16(21)18(23-25(11,12)20(6,7)8)17(14-2)22-24(9,10)19(3,4)5/h14,16-18,21H,2,13,15H2,1,3-12H3/t16-,17+,18-/m1/s1. The lowest BCUT2D eigenvalue weighted by atomic mass is 10.0. The molecule has 0 fully saturated rings. The quantitative estimate of drug-likeness (QED) is 0.382. The Bertz CT molecular complexity index is 420. The highest BCUT2D eigenvalue weighted by molar-refractivity contribution is 6.74. The zero-order valence-corrected chi connectivity index (χ0v) is 20.7. The largest absolute Gasteiger partial charge is 0.408 e. The highest BCUT2D eigenvalue weighted by atomic mass is 28.4. The van der Waals surface area contributed by atoms with Crippen LogP contribution < -0.4 is 0 Å². The van der Waals surface area contributed by atoms with Crippen LogP contribution in [0, 0.1) is 0 Å². The van der Waals surface area contributed by atoms with Gasteiger partial charge in [0.15, 0.2) is 16.6 Å². The molecule has 0 aliphatic carbocycles. The van der Waals surface area contributed by atoms with Crippen LogP contribution in [-0.4, -0.2) is 40.1 Å². The average Bonchev–Trinajstić information content (AvgIpc) is 2.40. The maximum absolute atomic E-state index is 10.8. The Hall–Kier alpha value is 0.0538. The molecule has 0 saturated carbocycles. The molecular formula is C20H44O3Si2. The van der Waals surface area contributed by atoms with Gasteiger partial charge in [-0.05, 0) is 42.7 Å². The number of rotatable bonds is 9. The predicted molar refractivity (Wildman–Crippen MR) is 115 cm³/mol. The third-order valence-corrected chi connectivity index (χ3v) is 14.9. The molecule has 0 aliphatic rings. The van der Waals surface area contributed by atoms with Gasteiger partial charge in [-0.3, -0.25) is 0 Å². The van der Waals surface area contributed by atoms with Gasteiger partial charge < -0.3 is 14.0 Å². The maximum Gasteiger partial charge on any atom is 0.193 e. The van der Waals surface area contributed by atoms with E-state index in [1.54, 1.807) is 0 Å². The molecule has 0 unspecified atom stereocenters. The van der Waals surface area contributed by atoms with Gasteiger partial charge in [0.2, 0.25) is 0 Å². The second-order valence-corrected chi connectivity index (χ2v) is 19.8. The molecule has 0 aromatic heterocycles. The van der Waals surface area contributed by atoms with Crippen molar-refractivity contribution in [1.29, 1.82) is 0 Å². The van der Waals surface area contributed by atoms with Crippen molar-refractivity contribution in [2.24, 2.45) is 0 Å². The van der Waals surface area contributed by atoms with Crippen molar-refractivity contribution in [2.75, 3.05) is 0 Å². The summed E-state index contributed by atoms with van der Waals surface area (Å²) in [4.78, 5) is 0. The topological polar surface area (TPSA) is 38.7 Å². The average molecular weight is 389 g/mol. The summed E-state index contributed by atoms with van der Waals surface area (Å²) in [5.74, 6) is 0. The summed E-state index contributed by atoms with van der Waals surface area (Å²) < 4.78 is 13.2. The van der Waals surface area contributed by atoms with Crippen LogP contribution in [0.2, 0.25) is 36.3 Å². The predicted octanol–water partition coefficient (Wildman–Crippen LogP) is 6.11. The van der Waals surface area contributed by atoms with Crippen molar-refractivity contribution >= 4 is 16.6 Å². The van der Waals surface area contributed by atoms with Gasteiger partial charge in [-0.1, -0.05) is 61.0 Å². The highest BCUT2D eigenvalue weighted by Crippen LogP contribution is 2.41. The summed E-state index contributed by atoms with van der Waals surface area (Å²) >= 11 is 0. The first-order valence-electron chi connectivity index (χ1n) is 9.66. The summed E-state index contributed by atoms with van der Waals surface area (Å²) in [5.41, 5.74) is 0. The van der Waals surface area contributed by atoms with Gasteiger partial charge in [0, 0.05) is 0 Å². The molecular weight excluding hydrogens is 344 g/mol.